The molecule has 0 unspecified atom stereocenters. The number of aromatic nitrogens is 2. The molecular formula is C16H23N2+. The summed E-state index contributed by atoms with van der Waals surface area (Å²) in [4.78, 5) is 0. The van der Waals surface area contributed by atoms with Crippen LogP contribution in [-0.4, -0.2) is 4.57 Å². The summed E-state index contributed by atoms with van der Waals surface area (Å²) < 4.78 is 4.61. The van der Waals surface area contributed by atoms with Crippen molar-refractivity contribution < 1.29 is 4.57 Å². The van der Waals surface area contributed by atoms with Gasteiger partial charge in [0.25, 0.3) is 5.82 Å². The van der Waals surface area contributed by atoms with Crippen LogP contribution in [0.15, 0.2) is 42.7 Å². The number of aryl methyl sites for hydroxylation is 1. The Labute approximate surface area is 110 Å². The van der Waals surface area contributed by atoms with Crippen molar-refractivity contribution in [2.45, 2.75) is 39.2 Å². The lowest BCUT2D eigenvalue weighted by Crippen LogP contribution is -2.32. The van der Waals surface area contributed by atoms with Gasteiger partial charge in [-0.2, -0.15) is 0 Å². The lowest BCUT2D eigenvalue weighted by Gasteiger charge is -2.03. The molecule has 0 bridgehead atoms. The van der Waals surface area contributed by atoms with Crippen LogP contribution in [0.3, 0.4) is 0 Å². The van der Waals surface area contributed by atoms with Gasteiger partial charge in [-0.05, 0) is 12.0 Å². The third-order valence-corrected chi connectivity index (χ3v) is 3.41. The van der Waals surface area contributed by atoms with E-state index in [2.05, 4.69) is 65.8 Å². The van der Waals surface area contributed by atoms with Gasteiger partial charge >= 0.3 is 0 Å². The van der Waals surface area contributed by atoms with Gasteiger partial charge in [0, 0.05) is 6.42 Å². The van der Waals surface area contributed by atoms with E-state index in [0.717, 1.165) is 6.54 Å². The lowest BCUT2D eigenvalue weighted by molar-refractivity contribution is -0.678. The highest BCUT2D eigenvalue weighted by atomic mass is 15.1. The van der Waals surface area contributed by atoms with Gasteiger partial charge in [-0.3, -0.25) is 0 Å². The van der Waals surface area contributed by atoms with Gasteiger partial charge in [-0.15, -0.1) is 0 Å². The molecule has 0 atom stereocenters. The standard InChI is InChI=1S/C16H23N2/c1-3-4-6-11-16-17(2)12-13-18(16)14-15-9-7-5-8-10-15/h5,7-10,12-13H,3-4,6,11,14H2,1-2H3/q+1. The van der Waals surface area contributed by atoms with Crippen LogP contribution in [0, 0.1) is 0 Å². The molecule has 1 aromatic carbocycles. The van der Waals surface area contributed by atoms with Crippen LogP contribution in [0.25, 0.3) is 0 Å². The molecule has 1 aromatic heterocycles. The topological polar surface area (TPSA) is 8.81 Å². The Balaban J connectivity index is 2.08. The van der Waals surface area contributed by atoms with Gasteiger partial charge in [0.2, 0.25) is 0 Å². The van der Waals surface area contributed by atoms with Crippen LogP contribution in [-0.2, 0) is 20.0 Å². The molecule has 0 N–H and O–H groups in total. The molecule has 2 rings (SSSR count). The van der Waals surface area contributed by atoms with E-state index < -0.39 is 0 Å². The quantitative estimate of drug-likeness (QED) is 0.544. The smallest absolute Gasteiger partial charge is 0.237 e. The van der Waals surface area contributed by atoms with Crippen molar-refractivity contribution in [1.82, 2.24) is 4.57 Å². The van der Waals surface area contributed by atoms with Crippen LogP contribution < -0.4 is 4.57 Å². The second kappa shape index (κ2) is 6.39. The number of rotatable bonds is 6. The zero-order valence-corrected chi connectivity index (χ0v) is 11.5. The van der Waals surface area contributed by atoms with Crippen molar-refractivity contribution >= 4 is 0 Å². The number of benzene rings is 1. The molecule has 0 aliphatic carbocycles. The van der Waals surface area contributed by atoms with Crippen LogP contribution in [0.5, 0.6) is 0 Å². The summed E-state index contributed by atoms with van der Waals surface area (Å²) in [7, 11) is 2.14. The number of imidazole rings is 1. The highest BCUT2D eigenvalue weighted by molar-refractivity contribution is 5.15. The van der Waals surface area contributed by atoms with E-state index in [4.69, 9.17) is 0 Å². The highest BCUT2D eigenvalue weighted by Crippen LogP contribution is 2.07. The maximum atomic E-state index is 2.37. The van der Waals surface area contributed by atoms with Gasteiger partial charge in [0.05, 0.1) is 7.05 Å². The van der Waals surface area contributed by atoms with Gasteiger partial charge < -0.3 is 0 Å². The van der Waals surface area contributed by atoms with Gasteiger partial charge in [0.15, 0.2) is 0 Å². The van der Waals surface area contributed by atoms with Crippen molar-refractivity contribution in [3.05, 3.63) is 54.1 Å². The van der Waals surface area contributed by atoms with Crippen LogP contribution >= 0.6 is 0 Å². The van der Waals surface area contributed by atoms with Gasteiger partial charge in [-0.25, -0.2) is 9.13 Å². The molecule has 0 saturated carbocycles. The Morgan fingerprint density at radius 2 is 1.89 bits per heavy atom. The van der Waals surface area contributed by atoms with E-state index in [1.807, 2.05) is 0 Å². The summed E-state index contributed by atoms with van der Waals surface area (Å²) in [6.07, 6.45) is 9.39. The first-order chi connectivity index (χ1) is 8.81. The average molecular weight is 243 g/mol. The molecule has 0 spiro atoms. The van der Waals surface area contributed by atoms with E-state index in [9.17, 15) is 0 Å². The Kier molecular flexibility index (Phi) is 4.57. The van der Waals surface area contributed by atoms with Gasteiger partial charge in [-0.1, -0.05) is 50.1 Å². The molecule has 0 fully saturated rings. The third-order valence-electron chi connectivity index (χ3n) is 3.41. The van der Waals surface area contributed by atoms with Crippen molar-refractivity contribution in [3.8, 4) is 0 Å². The predicted molar refractivity (Wildman–Crippen MR) is 74.4 cm³/mol. The first-order valence-corrected chi connectivity index (χ1v) is 6.89. The molecule has 0 aliphatic rings. The fourth-order valence-corrected chi connectivity index (χ4v) is 2.33. The summed E-state index contributed by atoms with van der Waals surface area (Å²) in [6, 6.07) is 10.7. The monoisotopic (exact) mass is 243 g/mol. The van der Waals surface area contributed by atoms with Crippen LogP contribution in [0.4, 0.5) is 0 Å². The summed E-state index contributed by atoms with van der Waals surface area (Å²) in [6.45, 7) is 3.23. The second-order valence-corrected chi connectivity index (χ2v) is 4.90. The SMILES string of the molecule is CCCCCc1n(Cc2ccccc2)cc[n+]1C. The van der Waals surface area contributed by atoms with Crippen molar-refractivity contribution in [2.24, 2.45) is 7.05 Å². The summed E-state index contributed by atoms with van der Waals surface area (Å²) >= 11 is 0. The Bertz CT molecular complexity index is 471. The molecule has 0 saturated heterocycles. The molecule has 18 heavy (non-hydrogen) atoms. The summed E-state index contributed by atoms with van der Waals surface area (Å²) in [5.74, 6) is 1.42. The number of unbranched alkanes of at least 4 members (excludes halogenated alkanes) is 2. The molecule has 2 aromatic rings. The summed E-state index contributed by atoms with van der Waals surface area (Å²) in [5.41, 5.74) is 1.37. The maximum absolute atomic E-state index is 2.37. The Morgan fingerprint density at radius 3 is 2.61 bits per heavy atom. The third kappa shape index (κ3) is 3.22. The molecule has 1 heterocycles. The zero-order valence-electron chi connectivity index (χ0n) is 11.5. The summed E-state index contributed by atoms with van der Waals surface area (Å²) in [5, 5.41) is 0. The first-order valence-electron chi connectivity index (χ1n) is 6.89. The fourth-order valence-electron chi connectivity index (χ4n) is 2.33. The van der Waals surface area contributed by atoms with Gasteiger partial charge in [0.1, 0.15) is 18.9 Å². The van der Waals surface area contributed by atoms with Crippen LogP contribution in [0.1, 0.15) is 37.6 Å². The second-order valence-electron chi connectivity index (χ2n) is 4.90. The Hall–Kier alpha value is -1.57. The molecule has 96 valence electrons. The molecule has 2 nitrogen and oxygen atoms in total. The first kappa shape index (κ1) is 12.9. The number of nitrogens with zero attached hydrogens (tertiary/aromatic N) is 2. The van der Waals surface area contributed by atoms with Crippen molar-refractivity contribution in [3.63, 3.8) is 0 Å². The zero-order chi connectivity index (χ0) is 12.8. The molecular weight excluding hydrogens is 220 g/mol. The molecule has 0 radical (unpaired) electrons. The van der Waals surface area contributed by atoms with E-state index >= 15 is 0 Å². The predicted octanol–water partition coefficient (Wildman–Crippen LogP) is 3.09. The maximum Gasteiger partial charge on any atom is 0.256 e. The minimum absolute atomic E-state index is 0.975. The molecule has 0 amide bonds. The van der Waals surface area contributed by atoms with E-state index in [0.29, 0.717) is 0 Å². The lowest BCUT2D eigenvalue weighted by atomic mass is 10.2. The minimum Gasteiger partial charge on any atom is -0.237 e. The highest BCUT2D eigenvalue weighted by Gasteiger charge is 2.13. The van der Waals surface area contributed by atoms with E-state index in [1.165, 1.54) is 37.1 Å². The van der Waals surface area contributed by atoms with Crippen molar-refractivity contribution in [2.75, 3.05) is 0 Å². The minimum atomic E-state index is 0.975. The molecule has 2 heteroatoms. The van der Waals surface area contributed by atoms with E-state index in [1.54, 1.807) is 0 Å². The van der Waals surface area contributed by atoms with E-state index in [-0.39, 0.29) is 0 Å². The normalized spacial score (nSPS) is 10.8. The Morgan fingerprint density at radius 1 is 1.11 bits per heavy atom. The molecule has 0 aliphatic heterocycles. The largest absolute Gasteiger partial charge is 0.256 e. The fraction of sp³-hybridized carbons (Fsp3) is 0.438. The average Bonchev–Trinajstić information content (AvgIpc) is 2.73. The number of hydrogen-bond donors (Lipinski definition) is 0. The van der Waals surface area contributed by atoms with Crippen LogP contribution in [0.2, 0.25) is 0 Å². The number of hydrogen-bond acceptors (Lipinski definition) is 0. The van der Waals surface area contributed by atoms with Crippen molar-refractivity contribution in [1.29, 1.82) is 0 Å².